The van der Waals surface area contributed by atoms with Crippen LogP contribution in [0.15, 0.2) is 42.5 Å². The average molecular weight is 349 g/mol. The molecule has 6 heteroatoms. The Hall–Kier alpha value is -2.40. The van der Waals surface area contributed by atoms with Gasteiger partial charge in [0.1, 0.15) is 0 Å². The fourth-order valence-corrected chi connectivity index (χ4v) is 2.29. The molecule has 0 saturated heterocycles. The Kier molecular flexibility index (Phi) is 6.75. The summed E-state index contributed by atoms with van der Waals surface area (Å²) in [7, 11) is 0. The lowest BCUT2D eigenvalue weighted by atomic mass is 10.2. The van der Waals surface area contributed by atoms with Crippen LogP contribution in [0.4, 0.5) is 5.69 Å². The second kappa shape index (κ2) is 9.03. The van der Waals surface area contributed by atoms with Gasteiger partial charge in [-0.3, -0.25) is 15.6 Å². The van der Waals surface area contributed by atoms with Crippen LogP contribution in [0, 0.1) is 0 Å². The molecule has 128 valence electrons. The molecule has 24 heavy (non-hydrogen) atoms. The average Bonchev–Trinajstić information content (AvgIpc) is 2.60. The quantitative estimate of drug-likeness (QED) is 0.699. The van der Waals surface area contributed by atoms with Gasteiger partial charge in [-0.2, -0.15) is 0 Å². The molecule has 5 nitrogen and oxygen atoms in total. The molecule has 0 radical (unpaired) electrons. The first kappa shape index (κ1) is 17.9. The van der Waals surface area contributed by atoms with E-state index < -0.39 is 0 Å². The number of ether oxygens (including phenoxy) is 2. The minimum Gasteiger partial charge on any atom is -0.490 e. The minimum absolute atomic E-state index is 0.316. The summed E-state index contributed by atoms with van der Waals surface area (Å²) in [5, 5.41) is 0.347. The fraction of sp³-hybridized carbons (Fsp3) is 0.278. The maximum Gasteiger partial charge on any atom is 0.269 e. The van der Waals surface area contributed by atoms with Crippen LogP contribution >= 0.6 is 11.6 Å². The van der Waals surface area contributed by atoms with Gasteiger partial charge >= 0.3 is 0 Å². The molecule has 0 aliphatic heterocycles. The third-order valence-corrected chi connectivity index (χ3v) is 3.40. The van der Waals surface area contributed by atoms with Crippen LogP contribution < -0.4 is 20.3 Å². The molecule has 2 aromatic carbocycles. The first-order chi connectivity index (χ1) is 11.7. The molecular weight excluding hydrogens is 328 g/mol. The molecule has 0 atom stereocenters. The summed E-state index contributed by atoms with van der Waals surface area (Å²) in [4.78, 5) is 12.3. The first-order valence-electron chi connectivity index (χ1n) is 7.86. The van der Waals surface area contributed by atoms with Crippen molar-refractivity contribution < 1.29 is 14.3 Å². The zero-order valence-corrected chi connectivity index (χ0v) is 14.5. The monoisotopic (exact) mass is 348 g/mol. The van der Waals surface area contributed by atoms with E-state index in [0.717, 1.165) is 12.1 Å². The maximum absolute atomic E-state index is 12.3. The van der Waals surface area contributed by atoms with E-state index in [0.29, 0.717) is 35.3 Å². The zero-order chi connectivity index (χ0) is 17.4. The van der Waals surface area contributed by atoms with E-state index in [1.807, 2.05) is 44.2 Å². The Morgan fingerprint density at radius 2 is 1.88 bits per heavy atom. The lowest BCUT2D eigenvalue weighted by molar-refractivity contribution is 0.0962. The van der Waals surface area contributed by atoms with Gasteiger partial charge in [0, 0.05) is 5.56 Å². The van der Waals surface area contributed by atoms with Crippen molar-refractivity contribution in [1.29, 1.82) is 0 Å². The molecule has 1 amide bonds. The van der Waals surface area contributed by atoms with Gasteiger partial charge in [0.05, 0.1) is 23.9 Å². The van der Waals surface area contributed by atoms with Crippen molar-refractivity contribution >= 4 is 23.2 Å². The largest absolute Gasteiger partial charge is 0.490 e. The number of hydrogen-bond acceptors (Lipinski definition) is 4. The SMILES string of the molecule is CCCOc1c(Cl)cc(C(=O)NNc2ccccc2)cc1OCC. The molecule has 0 spiro atoms. The molecule has 0 fully saturated rings. The van der Waals surface area contributed by atoms with Crippen molar-refractivity contribution in [2.24, 2.45) is 0 Å². The Morgan fingerprint density at radius 1 is 1.12 bits per heavy atom. The summed E-state index contributed by atoms with van der Waals surface area (Å²) in [5.74, 6) is 0.611. The molecule has 2 rings (SSSR count). The number of anilines is 1. The summed E-state index contributed by atoms with van der Waals surface area (Å²) in [5.41, 5.74) is 6.65. The van der Waals surface area contributed by atoms with Crippen LogP contribution in [0.1, 0.15) is 30.6 Å². The van der Waals surface area contributed by atoms with E-state index in [-0.39, 0.29) is 5.91 Å². The van der Waals surface area contributed by atoms with E-state index in [9.17, 15) is 4.79 Å². The van der Waals surface area contributed by atoms with Gasteiger partial charge in [0.25, 0.3) is 5.91 Å². The maximum atomic E-state index is 12.3. The normalized spacial score (nSPS) is 10.1. The summed E-state index contributed by atoms with van der Waals surface area (Å²) in [6.45, 7) is 4.85. The summed E-state index contributed by atoms with van der Waals surface area (Å²) in [6.07, 6.45) is 0.852. The third kappa shape index (κ3) is 4.80. The number of carbonyl (C=O) groups excluding carboxylic acids is 1. The van der Waals surface area contributed by atoms with Crippen molar-refractivity contribution in [2.45, 2.75) is 20.3 Å². The predicted molar refractivity (Wildman–Crippen MR) is 95.9 cm³/mol. The predicted octanol–water partition coefficient (Wildman–Crippen LogP) is 4.28. The smallest absolute Gasteiger partial charge is 0.269 e. The Morgan fingerprint density at radius 3 is 2.54 bits per heavy atom. The Labute approximate surface area is 146 Å². The highest BCUT2D eigenvalue weighted by atomic mass is 35.5. The highest BCUT2D eigenvalue weighted by Gasteiger charge is 2.16. The van der Waals surface area contributed by atoms with Crippen LogP contribution in [0.3, 0.4) is 0 Å². The number of carbonyl (C=O) groups is 1. The van der Waals surface area contributed by atoms with Crippen LogP contribution in [0.2, 0.25) is 5.02 Å². The van der Waals surface area contributed by atoms with Crippen molar-refractivity contribution in [1.82, 2.24) is 5.43 Å². The van der Waals surface area contributed by atoms with Crippen molar-refractivity contribution in [3.05, 3.63) is 53.1 Å². The van der Waals surface area contributed by atoms with Crippen LogP contribution in [-0.4, -0.2) is 19.1 Å². The van der Waals surface area contributed by atoms with Gasteiger partial charge in [-0.1, -0.05) is 36.7 Å². The number of nitrogens with one attached hydrogen (secondary N) is 2. The molecular formula is C18H21ClN2O3. The number of benzene rings is 2. The van der Waals surface area contributed by atoms with Crippen LogP contribution in [-0.2, 0) is 0 Å². The highest BCUT2D eigenvalue weighted by molar-refractivity contribution is 6.32. The third-order valence-electron chi connectivity index (χ3n) is 3.12. The lowest BCUT2D eigenvalue weighted by Gasteiger charge is -2.15. The van der Waals surface area contributed by atoms with E-state index in [4.69, 9.17) is 21.1 Å². The molecule has 0 aliphatic carbocycles. The summed E-state index contributed by atoms with van der Waals surface area (Å²) >= 11 is 6.26. The van der Waals surface area contributed by atoms with Crippen molar-refractivity contribution in [2.75, 3.05) is 18.6 Å². The standard InChI is InChI=1S/C18H21ClN2O3/c1-3-10-24-17-15(19)11-13(12-16(17)23-4-2)18(22)21-20-14-8-6-5-7-9-14/h5-9,11-12,20H,3-4,10H2,1-2H3,(H,21,22). The van der Waals surface area contributed by atoms with Crippen LogP contribution in [0.25, 0.3) is 0 Å². The molecule has 0 saturated carbocycles. The topological polar surface area (TPSA) is 59.6 Å². The number of rotatable bonds is 8. The molecule has 2 aromatic rings. The van der Waals surface area contributed by atoms with Gasteiger partial charge in [-0.05, 0) is 37.6 Å². The molecule has 0 aliphatic rings. The van der Waals surface area contributed by atoms with E-state index >= 15 is 0 Å². The fourth-order valence-electron chi connectivity index (χ4n) is 2.03. The number of hydrogen-bond donors (Lipinski definition) is 2. The number of halogens is 1. The van der Waals surface area contributed by atoms with Crippen molar-refractivity contribution in [3.63, 3.8) is 0 Å². The first-order valence-corrected chi connectivity index (χ1v) is 8.24. The molecule has 0 unspecified atom stereocenters. The number of amides is 1. The Balaban J connectivity index is 2.15. The molecule has 2 N–H and O–H groups in total. The van der Waals surface area contributed by atoms with E-state index in [2.05, 4.69) is 10.9 Å². The summed E-state index contributed by atoms with van der Waals surface area (Å²) < 4.78 is 11.2. The van der Waals surface area contributed by atoms with Gasteiger partial charge in [-0.25, -0.2) is 0 Å². The number of hydrazine groups is 1. The second-order valence-corrected chi connectivity index (χ2v) is 5.42. The highest BCUT2D eigenvalue weighted by Crippen LogP contribution is 2.36. The molecule has 0 bridgehead atoms. The van der Waals surface area contributed by atoms with Gasteiger partial charge in [0.15, 0.2) is 11.5 Å². The van der Waals surface area contributed by atoms with Gasteiger partial charge in [0.2, 0.25) is 0 Å². The van der Waals surface area contributed by atoms with Crippen LogP contribution in [0.5, 0.6) is 11.5 Å². The molecule has 0 aromatic heterocycles. The minimum atomic E-state index is -0.316. The van der Waals surface area contributed by atoms with E-state index in [1.165, 1.54) is 0 Å². The van der Waals surface area contributed by atoms with Crippen molar-refractivity contribution in [3.8, 4) is 11.5 Å². The lowest BCUT2D eigenvalue weighted by Crippen LogP contribution is -2.29. The number of para-hydroxylation sites is 1. The van der Waals surface area contributed by atoms with E-state index in [1.54, 1.807) is 12.1 Å². The Bertz CT molecular complexity index is 677. The second-order valence-electron chi connectivity index (χ2n) is 5.01. The van der Waals surface area contributed by atoms with Gasteiger partial charge < -0.3 is 9.47 Å². The van der Waals surface area contributed by atoms with Gasteiger partial charge in [-0.15, -0.1) is 0 Å². The molecule has 0 heterocycles. The summed E-state index contributed by atoms with van der Waals surface area (Å²) in [6, 6.07) is 12.5. The zero-order valence-electron chi connectivity index (χ0n) is 13.8.